The fourth-order valence-corrected chi connectivity index (χ4v) is 1.98. The van der Waals surface area contributed by atoms with Crippen molar-refractivity contribution in [2.45, 2.75) is 25.8 Å². The highest BCUT2D eigenvalue weighted by Gasteiger charge is 2.20. The van der Waals surface area contributed by atoms with Crippen LogP contribution in [0.15, 0.2) is 18.2 Å². The zero-order valence-corrected chi connectivity index (χ0v) is 11.3. The maximum absolute atomic E-state index is 11.9. The van der Waals surface area contributed by atoms with Gasteiger partial charge in [-0.15, -0.1) is 11.6 Å². The molecule has 0 bridgehead atoms. The predicted octanol–water partition coefficient (Wildman–Crippen LogP) is 3.18. The van der Waals surface area contributed by atoms with Gasteiger partial charge in [0.25, 0.3) is 5.91 Å². The quantitative estimate of drug-likeness (QED) is 0.830. The highest BCUT2D eigenvalue weighted by atomic mass is 35.5. The van der Waals surface area contributed by atoms with Crippen molar-refractivity contribution in [3.63, 3.8) is 0 Å². The van der Waals surface area contributed by atoms with Gasteiger partial charge in [0.1, 0.15) is 5.75 Å². The van der Waals surface area contributed by atoms with Gasteiger partial charge in [-0.25, -0.2) is 0 Å². The molecule has 0 saturated carbocycles. The number of phenols is 1. The average Bonchev–Trinajstić information content (AvgIpc) is 2.21. The second-order valence-electron chi connectivity index (χ2n) is 4.44. The SMILES string of the molecule is CC(C)(CCCl)NC(=O)c1ccc(O)c(Cl)c1. The van der Waals surface area contributed by atoms with Crippen LogP contribution >= 0.6 is 23.2 Å². The summed E-state index contributed by atoms with van der Waals surface area (Å²) in [5, 5.41) is 12.3. The molecule has 0 heterocycles. The molecule has 5 heteroatoms. The minimum Gasteiger partial charge on any atom is -0.506 e. The zero-order chi connectivity index (χ0) is 13.1. The summed E-state index contributed by atoms with van der Waals surface area (Å²) in [5.74, 6) is 0.203. The van der Waals surface area contributed by atoms with E-state index in [2.05, 4.69) is 5.32 Å². The standard InChI is InChI=1S/C12H15Cl2NO2/c1-12(2,5-6-13)15-11(17)8-3-4-10(16)9(14)7-8/h3-4,7,16H,5-6H2,1-2H3,(H,15,17). The molecule has 1 aromatic carbocycles. The first-order chi connectivity index (χ1) is 7.85. The Bertz CT molecular complexity index is 419. The number of aromatic hydroxyl groups is 1. The van der Waals surface area contributed by atoms with E-state index in [4.69, 9.17) is 23.2 Å². The minimum atomic E-state index is -0.372. The molecule has 0 aliphatic carbocycles. The third-order valence-corrected chi connectivity index (χ3v) is 2.87. The number of hydrogen-bond acceptors (Lipinski definition) is 2. The van der Waals surface area contributed by atoms with Gasteiger partial charge in [0.05, 0.1) is 5.02 Å². The molecule has 1 aromatic rings. The Labute approximate surface area is 111 Å². The van der Waals surface area contributed by atoms with Gasteiger partial charge in [-0.3, -0.25) is 4.79 Å². The lowest BCUT2D eigenvalue weighted by atomic mass is 10.0. The van der Waals surface area contributed by atoms with E-state index in [1.807, 2.05) is 13.8 Å². The maximum Gasteiger partial charge on any atom is 0.251 e. The van der Waals surface area contributed by atoms with Gasteiger partial charge >= 0.3 is 0 Å². The number of benzene rings is 1. The van der Waals surface area contributed by atoms with Crippen LogP contribution in [0.3, 0.4) is 0 Å². The third kappa shape index (κ3) is 4.10. The fraction of sp³-hybridized carbons (Fsp3) is 0.417. The molecule has 0 atom stereocenters. The molecule has 0 unspecified atom stereocenters. The van der Waals surface area contributed by atoms with Crippen molar-refractivity contribution >= 4 is 29.1 Å². The lowest BCUT2D eigenvalue weighted by Gasteiger charge is -2.25. The highest BCUT2D eigenvalue weighted by Crippen LogP contribution is 2.24. The zero-order valence-electron chi connectivity index (χ0n) is 9.76. The molecule has 3 nitrogen and oxygen atoms in total. The van der Waals surface area contributed by atoms with Crippen molar-refractivity contribution in [2.75, 3.05) is 5.88 Å². The van der Waals surface area contributed by atoms with E-state index in [1.165, 1.54) is 18.2 Å². The van der Waals surface area contributed by atoms with Crippen LogP contribution in [-0.2, 0) is 0 Å². The fourth-order valence-electron chi connectivity index (χ4n) is 1.33. The van der Waals surface area contributed by atoms with Crippen molar-refractivity contribution in [1.29, 1.82) is 0 Å². The summed E-state index contributed by atoms with van der Waals surface area (Å²) in [6, 6.07) is 4.35. The second kappa shape index (κ2) is 5.61. The number of rotatable bonds is 4. The monoisotopic (exact) mass is 275 g/mol. The maximum atomic E-state index is 11.9. The molecule has 0 spiro atoms. The molecule has 17 heavy (non-hydrogen) atoms. The third-order valence-electron chi connectivity index (χ3n) is 2.38. The summed E-state index contributed by atoms with van der Waals surface area (Å²) in [6.45, 7) is 3.80. The van der Waals surface area contributed by atoms with E-state index in [-0.39, 0.29) is 22.2 Å². The molecule has 1 rings (SSSR count). The van der Waals surface area contributed by atoms with Crippen LogP contribution in [0.5, 0.6) is 5.75 Å². The summed E-state index contributed by atoms with van der Waals surface area (Å²) in [4.78, 5) is 11.9. The van der Waals surface area contributed by atoms with Crippen LogP contribution in [0.2, 0.25) is 5.02 Å². The van der Waals surface area contributed by atoms with Crippen LogP contribution in [0.1, 0.15) is 30.6 Å². The first kappa shape index (κ1) is 14.1. The van der Waals surface area contributed by atoms with Crippen molar-refractivity contribution in [2.24, 2.45) is 0 Å². The smallest absolute Gasteiger partial charge is 0.251 e. The molecule has 0 radical (unpaired) electrons. The molecule has 0 aromatic heterocycles. The van der Waals surface area contributed by atoms with Crippen molar-refractivity contribution in [3.05, 3.63) is 28.8 Å². The second-order valence-corrected chi connectivity index (χ2v) is 5.23. The lowest BCUT2D eigenvalue weighted by Crippen LogP contribution is -2.43. The van der Waals surface area contributed by atoms with Gasteiger partial charge in [0.15, 0.2) is 0 Å². The Morgan fingerprint density at radius 3 is 2.65 bits per heavy atom. The molecule has 2 N–H and O–H groups in total. The van der Waals surface area contributed by atoms with Crippen molar-refractivity contribution in [3.8, 4) is 5.75 Å². The highest BCUT2D eigenvalue weighted by molar-refractivity contribution is 6.32. The Morgan fingerprint density at radius 1 is 1.47 bits per heavy atom. The topological polar surface area (TPSA) is 49.3 Å². The van der Waals surface area contributed by atoms with Crippen molar-refractivity contribution in [1.82, 2.24) is 5.32 Å². The Kier molecular flexibility index (Phi) is 4.66. The summed E-state index contributed by atoms with van der Waals surface area (Å²) < 4.78 is 0. The summed E-state index contributed by atoms with van der Waals surface area (Å²) >= 11 is 11.4. The normalized spacial score (nSPS) is 11.3. The summed E-state index contributed by atoms with van der Waals surface area (Å²) in [5.41, 5.74) is 0.0406. The van der Waals surface area contributed by atoms with E-state index < -0.39 is 0 Å². The molecule has 0 aliphatic rings. The predicted molar refractivity (Wildman–Crippen MR) is 70.0 cm³/mol. The van der Waals surface area contributed by atoms with Crippen LogP contribution in [0.25, 0.3) is 0 Å². The Hall–Kier alpha value is -0.930. The van der Waals surface area contributed by atoms with Gasteiger partial charge in [0, 0.05) is 17.0 Å². The molecular formula is C12H15Cl2NO2. The Morgan fingerprint density at radius 2 is 2.12 bits per heavy atom. The molecule has 0 saturated heterocycles. The first-order valence-electron chi connectivity index (χ1n) is 5.23. The first-order valence-corrected chi connectivity index (χ1v) is 6.14. The number of carbonyl (C=O) groups is 1. The Balaban J connectivity index is 2.80. The van der Waals surface area contributed by atoms with Gasteiger partial charge in [-0.05, 0) is 38.5 Å². The molecule has 0 fully saturated rings. The molecule has 94 valence electrons. The summed E-state index contributed by atoms with van der Waals surface area (Å²) in [7, 11) is 0. The van der Waals surface area contributed by atoms with Crippen molar-refractivity contribution < 1.29 is 9.90 Å². The van der Waals surface area contributed by atoms with E-state index >= 15 is 0 Å². The average molecular weight is 276 g/mol. The molecule has 1 amide bonds. The van der Waals surface area contributed by atoms with E-state index in [0.717, 1.165) is 0 Å². The van der Waals surface area contributed by atoms with Gasteiger partial charge in [-0.2, -0.15) is 0 Å². The number of nitrogens with one attached hydrogen (secondary N) is 1. The largest absolute Gasteiger partial charge is 0.506 e. The van der Waals surface area contributed by atoms with Crippen LogP contribution in [0, 0.1) is 0 Å². The van der Waals surface area contributed by atoms with Crippen LogP contribution in [0.4, 0.5) is 0 Å². The number of amides is 1. The minimum absolute atomic E-state index is 0.0387. The van der Waals surface area contributed by atoms with E-state index in [1.54, 1.807) is 0 Å². The van der Waals surface area contributed by atoms with Gasteiger partial charge in [0.2, 0.25) is 0 Å². The number of hydrogen-bond donors (Lipinski definition) is 2. The van der Waals surface area contributed by atoms with Crippen LogP contribution < -0.4 is 5.32 Å². The van der Waals surface area contributed by atoms with Gasteiger partial charge < -0.3 is 10.4 Å². The molecule has 0 aliphatic heterocycles. The van der Waals surface area contributed by atoms with E-state index in [9.17, 15) is 9.90 Å². The molecular weight excluding hydrogens is 261 g/mol. The number of phenolic OH excluding ortho intramolecular Hbond substituents is 1. The lowest BCUT2D eigenvalue weighted by molar-refractivity contribution is 0.0911. The number of alkyl halides is 1. The number of carbonyl (C=O) groups excluding carboxylic acids is 1. The van der Waals surface area contributed by atoms with Crippen LogP contribution in [-0.4, -0.2) is 22.4 Å². The number of halogens is 2. The van der Waals surface area contributed by atoms with Gasteiger partial charge in [-0.1, -0.05) is 11.6 Å². The van der Waals surface area contributed by atoms with E-state index in [0.29, 0.717) is 17.9 Å². The summed E-state index contributed by atoms with van der Waals surface area (Å²) in [6.07, 6.45) is 0.673.